The first-order valence-corrected chi connectivity index (χ1v) is 9.07. The lowest BCUT2D eigenvalue weighted by molar-refractivity contribution is 0.129. The van der Waals surface area contributed by atoms with Gasteiger partial charge in [0, 0.05) is 49.5 Å². The molecule has 0 aliphatic carbocycles. The van der Waals surface area contributed by atoms with Crippen LogP contribution >= 0.6 is 11.6 Å². The van der Waals surface area contributed by atoms with E-state index in [9.17, 15) is 4.79 Å². The Morgan fingerprint density at radius 1 is 1.17 bits per heavy atom. The van der Waals surface area contributed by atoms with Crippen molar-refractivity contribution in [2.45, 2.75) is 32.7 Å². The molecule has 1 aromatic rings. The first kappa shape index (κ1) is 18.9. The normalized spacial score (nSPS) is 15.8. The second-order valence-corrected chi connectivity index (χ2v) is 7.02. The Morgan fingerprint density at radius 3 is 2.33 bits per heavy atom. The summed E-state index contributed by atoms with van der Waals surface area (Å²) in [5.41, 5.74) is 1.23. The highest BCUT2D eigenvalue weighted by Crippen LogP contribution is 2.19. The predicted molar refractivity (Wildman–Crippen MR) is 99.2 cm³/mol. The smallest absolute Gasteiger partial charge is 0.407 e. The molecule has 0 aromatic heterocycles. The van der Waals surface area contributed by atoms with E-state index >= 15 is 0 Å². The molecular formula is C18H28ClN3O2. The summed E-state index contributed by atoms with van der Waals surface area (Å²) < 4.78 is 0. The molecule has 2 rings (SSSR count). The topological polar surface area (TPSA) is 47.0 Å². The van der Waals surface area contributed by atoms with Crippen LogP contribution in [0.1, 0.15) is 26.7 Å². The monoisotopic (exact) mass is 353 g/mol. The summed E-state index contributed by atoms with van der Waals surface area (Å²) in [5.74, 6) is 0. The molecule has 0 unspecified atom stereocenters. The minimum absolute atomic E-state index is 0.0467. The van der Waals surface area contributed by atoms with E-state index in [2.05, 4.69) is 21.9 Å². The van der Waals surface area contributed by atoms with Gasteiger partial charge in [0.2, 0.25) is 0 Å². The van der Waals surface area contributed by atoms with Gasteiger partial charge in [-0.15, -0.1) is 0 Å². The van der Waals surface area contributed by atoms with Crippen molar-refractivity contribution in [2.24, 2.45) is 0 Å². The van der Waals surface area contributed by atoms with E-state index in [1.807, 2.05) is 26.0 Å². The molecular weight excluding hydrogens is 326 g/mol. The summed E-state index contributed by atoms with van der Waals surface area (Å²) in [6.07, 6.45) is 1.14. The third kappa shape index (κ3) is 5.56. The van der Waals surface area contributed by atoms with Gasteiger partial charge in [-0.3, -0.25) is 4.90 Å². The van der Waals surface area contributed by atoms with Crippen molar-refractivity contribution >= 4 is 23.4 Å². The standard InChI is InChI=1S/C18H28ClN3O2/c1-15(2)22(18(23)24)10-4-3-9-20-11-13-21(14-12-20)17-7-5-16(19)6-8-17/h5-8,15H,3-4,9-14H2,1-2H3,(H,23,24). The maximum Gasteiger partial charge on any atom is 0.407 e. The number of unbranched alkanes of at least 4 members (excludes halogenated alkanes) is 1. The van der Waals surface area contributed by atoms with Gasteiger partial charge in [0.25, 0.3) is 0 Å². The fourth-order valence-corrected chi connectivity index (χ4v) is 3.20. The fraction of sp³-hybridized carbons (Fsp3) is 0.611. The molecule has 0 radical (unpaired) electrons. The lowest BCUT2D eigenvalue weighted by Crippen LogP contribution is -2.46. The van der Waals surface area contributed by atoms with Gasteiger partial charge in [0.05, 0.1) is 0 Å². The van der Waals surface area contributed by atoms with Crippen molar-refractivity contribution in [1.82, 2.24) is 9.80 Å². The predicted octanol–water partition coefficient (Wildman–Crippen LogP) is 3.63. The van der Waals surface area contributed by atoms with Gasteiger partial charge in [-0.05, 0) is 57.5 Å². The number of carboxylic acid groups (broad SMARTS) is 1. The van der Waals surface area contributed by atoms with Crippen molar-refractivity contribution in [1.29, 1.82) is 0 Å². The zero-order chi connectivity index (χ0) is 17.5. The van der Waals surface area contributed by atoms with Gasteiger partial charge >= 0.3 is 6.09 Å². The number of hydrogen-bond donors (Lipinski definition) is 1. The number of piperazine rings is 1. The Bertz CT molecular complexity index is 514. The SMILES string of the molecule is CC(C)N(CCCCN1CCN(c2ccc(Cl)cc2)CC1)C(=O)O. The molecule has 0 saturated carbocycles. The highest BCUT2D eigenvalue weighted by molar-refractivity contribution is 6.30. The van der Waals surface area contributed by atoms with Crippen LogP contribution < -0.4 is 4.90 Å². The first-order chi connectivity index (χ1) is 11.5. The van der Waals surface area contributed by atoms with Crippen LogP contribution in [0.25, 0.3) is 0 Å². The van der Waals surface area contributed by atoms with E-state index in [0.29, 0.717) is 6.54 Å². The van der Waals surface area contributed by atoms with Crippen molar-refractivity contribution in [3.63, 3.8) is 0 Å². The molecule has 0 spiro atoms. The highest BCUT2D eigenvalue weighted by atomic mass is 35.5. The maximum absolute atomic E-state index is 11.1. The van der Waals surface area contributed by atoms with Gasteiger partial charge in [-0.25, -0.2) is 4.79 Å². The molecule has 1 N–H and O–H groups in total. The number of nitrogens with zero attached hydrogens (tertiary/aromatic N) is 3. The molecule has 0 bridgehead atoms. The number of rotatable bonds is 7. The van der Waals surface area contributed by atoms with Gasteiger partial charge in [0.15, 0.2) is 0 Å². The molecule has 1 amide bonds. The number of benzene rings is 1. The molecule has 24 heavy (non-hydrogen) atoms. The van der Waals surface area contributed by atoms with Crippen molar-refractivity contribution < 1.29 is 9.90 Å². The summed E-state index contributed by atoms with van der Waals surface area (Å²) in [5, 5.41) is 9.92. The Morgan fingerprint density at radius 2 is 1.79 bits per heavy atom. The second-order valence-electron chi connectivity index (χ2n) is 6.58. The zero-order valence-corrected chi connectivity index (χ0v) is 15.4. The Balaban J connectivity index is 1.66. The molecule has 1 aliphatic rings. The molecule has 1 saturated heterocycles. The van der Waals surface area contributed by atoms with Crippen LogP contribution in [-0.4, -0.2) is 66.3 Å². The molecule has 1 heterocycles. The number of anilines is 1. The van der Waals surface area contributed by atoms with Gasteiger partial charge < -0.3 is 14.9 Å². The Kier molecular flexibility index (Phi) is 7.18. The third-order valence-electron chi connectivity index (χ3n) is 4.56. The number of amides is 1. The van der Waals surface area contributed by atoms with Crippen LogP contribution in [0.2, 0.25) is 5.02 Å². The lowest BCUT2D eigenvalue weighted by Gasteiger charge is -2.36. The molecule has 1 aliphatic heterocycles. The first-order valence-electron chi connectivity index (χ1n) is 8.70. The largest absolute Gasteiger partial charge is 0.465 e. The van der Waals surface area contributed by atoms with E-state index in [1.54, 1.807) is 0 Å². The molecule has 5 nitrogen and oxygen atoms in total. The van der Waals surface area contributed by atoms with Gasteiger partial charge in [-0.2, -0.15) is 0 Å². The minimum Gasteiger partial charge on any atom is -0.465 e. The van der Waals surface area contributed by atoms with E-state index in [0.717, 1.165) is 50.6 Å². The van der Waals surface area contributed by atoms with Crippen LogP contribution in [0.4, 0.5) is 10.5 Å². The average Bonchev–Trinajstić information content (AvgIpc) is 2.55. The quantitative estimate of drug-likeness (QED) is 0.760. The molecule has 0 atom stereocenters. The van der Waals surface area contributed by atoms with Gasteiger partial charge in [0.1, 0.15) is 0 Å². The minimum atomic E-state index is -0.818. The summed E-state index contributed by atoms with van der Waals surface area (Å²) >= 11 is 5.94. The van der Waals surface area contributed by atoms with Crippen LogP contribution in [0, 0.1) is 0 Å². The van der Waals surface area contributed by atoms with Gasteiger partial charge in [-0.1, -0.05) is 11.6 Å². The fourth-order valence-electron chi connectivity index (χ4n) is 3.07. The molecule has 6 heteroatoms. The molecule has 1 fully saturated rings. The highest BCUT2D eigenvalue weighted by Gasteiger charge is 2.18. The number of carbonyl (C=O) groups is 1. The summed E-state index contributed by atoms with van der Waals surface area (Å²) in [4.78, 5) is 17.5. The van der Waals surface area contributed by atoms with Crippen LogP contribution in [0.5, 0.6) is 0 Å². The molecule has 1 aromatic carbocycles. The second kappa shape index (κ2) is 9.14. The van der Waals surface area contributed by atoms with E-state index in [1.165, 1.54) is 10.6 Å². The summed E-state index contributed by atoms with van der Waals surface area (Å²) in [6, 6.07) is 8.07. The van der Waals surface area contributed by atoms with Crippen LogP contribution in [0.3, 0.4) is 0 Å². The van der Waals surface area contributed by atoms with E-state index in [4.69, 9.17) is 16.7 Å². The van der Waals surface area contributed by atoms with Crippen molar-refractivity contribution in [3.05, 3.63) is 29.3 Å². The lowest BCUT2D eigenvalue weighted by atomic mass is 10.2. The maximum atomic E-state index is 11.1. The van der Waals surface area contributed by atoms with Crippen LogP contribution in [0.15, 0.2) is 24.3 Å². The van der Waals surface area contributed by atoms with Crippen molar-refractivity contribution in [3.8, 4) is 0 Å². The molecule has 134 valence electrons. The number of halogens is 1. The average molecular weight is 354 g/mol. The Labute approximate surface area is 149 Å². The summed E-state index contributed by atoms with van der Waals surface area (Å²) in [6.45, 7) is 9.65. The van der Waals surface area contributed by atoms with Crippen LogP contribution in [-0.2, 0) is 0 Å². The van der Waals surface area contributed by atoms with E-state index in [-0.39, 0.29) is 6.04 Å². The third-order valence-corrected chi connectivity index (χ3v) is 4.81. The van der Waals surface area contributed by atoms with E-state index < -0.39 is 6.09 Å². The summed E-state index contributed by atoms with van der Waals surface area (Å²) in [7, 11) is 0. The van der Waals surface area contributed by atoms with Crippen molar-refractivity contribution in [2.75, 3.05) is 44.2 Å². The zero-order valence-electron chi connectivity index (χ0n) is 14.6. The number of hydrogen-bond acceptors (Lipinski definition) is 3. The Hall–Kier alpha value is -1.46.